The molecule has 0 atom stereocenters. The molecule has 1 N–H and O–H groups in total. The number of rotatable bonds is 2. The van der Waals surface area contributed by atoms with Gasteiger partial charge in [0.15, 0.2) is 0 Å². The molecule has 0 spiro atoms. The lowest BCUT2D eigenvalue weighted by molar-refractivity contribution is 0.629. The van der Waals surface area contributed by atoms with Crippen molar-refractivity contribution in [2.24, 2.45) is 0 Å². The van der Waals surface area contributed by atoms with E-state index in [1.54, 1.807) is 6.07 Å². The predicted octanol–water partition coefficient (Wildman–Crippen LogP) is 4.37. The molecular weight excluding hydrogens is 265 g/mol. The Balaban J connectivity index is 2.14. The average molecular weight is 279 g/mol. The van der Waals surface area contributed by atoms with E-state index in [0.717, 1.165) is 22.1 Å². The highest BCUT2D eigenvalue weighted by Gasteiger charge is 2.05. The molecule has 104 valence electrons. The maximum Gasteiger partial charge on any atom is 0.256 e. The van der Waals surface area contributed by atoms with Gasteiger partial charge in [-0.2, -0.15) is 0 Å². The van der Waals surface area contributed by atoms with E-state index >= 15 is 0 Å². The molecule has 0 amide bonds. The molecule has 0 aliphatic rings. The monoisotopic (exact) mass is 279 g/mol. The van der Waals surface area contributed by atoms with Gasteiger partial charge in [-0.05, 0) is 41.6 Å². The molecule has 0 saturated carbocycles. The predicted molar refractivity (Wildman–Crippen MR) is 84.7 cm³/mol. The van der Waals surface area contributed by atoms with Gasteiger partial charge in [-0.3, -0.25) is 4.79 Å². The second-order valence-corrected chi connectivity index (χ2v) is 5.10. The van der Waals surface area contributed by atoms with Crippen LogP contribution < -0.4 is 5.56 Å². The number of H-pyrrole nitrogens is 1. The minimum atomic E-state index is -0.411. The standard InChI is InChI=1S/C18H14FNO/c1-11(2)12-3-5-13(6-4-12)17-9-14-7-8-15(19)10-16(14)18(21)20-17/h3-10H,1H2,2H3,(H,20,21). The highest BCUT2D eigenvalue weighted by molar-refractivity contribution is 5.85. The van der Waals surface area contributed by atoms with Crippen LogP contribution in [-0.4, -0.2) is 4.98 Å². The van der Waals surface area contributed by atoms with E-state index in [1.807, 2.05) is 37.3 Å². The zero-order valence-electron chi connectivity index (χ0n) is 11.6. The zero-order valence-corrected chi connectivity index (χ0v) is 11.6. The van der Waals surface area contributed by atoms with E-state index in [0.29, 0.717) is 11.1 Å². The van der Waals surface area contributed by atoms with Crippen LogP contribution in [0.25, 0.3) is 27.6 Å². The lowest BCUT2D eigenvalue weighted by atomic mass is 10.0. The minimum Gasteiger partial charge on any atom is -0.321 e. The number of aromatic nitrogens is 1. The number of allylic oxidation sites excluding steroid dienone is 1. The summed E-state index contributed by atoms with van der Waals surface area (Å²) in [6.45, 7) is 5.84. The molecule has 1 heterocycles. The molecule has 2 nitrogen and oxygen atoms in total. The molecule has 3 heteroatoms. The number of pyridine rings is 1. The zero-order chi connectivity index (χ0) is 15.0. The minimum absolute atomic E-state index is 0.286. The quantitative estimate of drug-likeness (QED) is 0.742. The van der Waals surface area contributed by atoms with Crippen molar-refractivity contribution >= 4 is 16.3 Å². The fraction of sp³-hybridized carbons (Fsp3) is 0.0556. The molecule has 3 rings (SSSR count). The van der Waals surface area contributed by atoms with Gasteiger partial charge in [0.25, 0.3) is 5.56 Å². The fourth-order valence-corrected chi connectivity index (χ4v) is 2.32. The van der Waals surface area contributed by atoms with E-state index < -0.39 is 5.82 Å². The van der Waals surface area contributed by atoms with Crippen molar-refractivity contribution in [3.63, 3.8) is 0 Å². The van der Waals surface area contributed by atoms with Gasteiger partial charge in [0.2, 0.25) is 0 Å². The van der Waals surface area contributed by atoms with E-state index in [4.69, 9.17) is 0 Å². The van der Waals surface area contributed by atoms with Gasteiger partial charge in [-0.25, -0.2) is 4.39 Å². The normalized spacial score (nSPS) is 10.8. The molecule has 0 bridgehead atoms. The maximum atomic E-state index is 13.2. The van der Waals surface area contributed by atoms with Crippen LogP contribution in [0.5, 0.6) is 0 Å². The third-order valence-electron chi connectivity index (χ3n) is 3.50. The van der Waals surface area contributed by atoms with E-state index in [9.17, 15) is 9.18 Å². The molecule has 0 aliphatic carbocycles. The summed E-state index contributed by atoms with van der Waals surface area (Å²) >= 11 is 0. The van der Waals surface area contributed by atoms with Crippen molar-refractivity contribution in [3.05, 3.63) is 76.8 Å². The van der Waals surface area contributed by atoms with Gasteiger partial charge in [-0.1, -0.05) is 42.5 Å². The number of fused-ring (bicyclic) bond motifs is 1. The van der Waals surface area contributed by atoms with Crippen LogP contribution in [0.2, 0.25) is 0 Å². The summed E-state index contributed by atoms with van der Waals surface area (Å²) in [5.74, 6) is -0.411. The Bertz CT molecular complexity index is 891. The molecule has 0 unspecified atom stereocenters. The van der Waals surface area contributed by atoms with Crippen LogP contribution in [0.4, 0.5) is 4.39 Å². The number of nitrogens with one attached hydrogen (secondary N) is 1. The topological polar surface area (TPSA) is 32.9 Å². The van der Waals surface area contributed by atoms with Crippen LogP contribution >= 0.6 is 0 Å². The highest BCUT2D eigenvalue weighted by Crippen LogP contribution is 2.22. The summed E-state index contributed by atoms with van der Waals surface area (Å²) in [7, 11) is 0. The summed E-state index contributed by atoms with van der Waals surface area (Å²) in [6.07, 6.45) is 0. The van der Waals surface area contributed by atoms with Gasteiger partial charge in [-0.15, -0.1) is 0 Å². The molecule has 0 aliphatic heterocycles. The molecule has 0 fully saturated rings. The van der Waals surface area contributed by atoms with Crippen LogP contribution in [0.3, 0.4) is 0 Å². The number of halogens is 1. The summed E-state index contributed by atoms with van der Waals surface area (Å²) in [5, 5.41) is 1.08. The van der Waals surface area contributed by atoms with Crippen molar-refractivity contribution in [2.75, 3.05) is 0 Å². The summed E-state index contributed by atoms with van der Waals surface area (Å²) in [4.78, 5) is 14.9. The maximum absolute atomic E-state index is 13.2. The molecular formula is C18H14FNO. The Morgan fingerprint density at radius 1 is 1.10 bits per heavy atom. The van der Waals surface area contributed by atoms with Crippen molar-refractivity contribution in [2.45, 2.75) is 6.92 Å². The number of benzene rings is 2. The van der Waals surface area contributed by atoms with Crippen LogP contribution in [0.1, 0.15) is 12.5 Å². The highest BCUT2D eigenvalue weighted by atomic mass is 19.1. The van der Waals surface area contributed by atoms with Gasteiger partial charge in [0, 0.05) is 11.1 Å². The first kappa shape index (κ1) is 13.3. The third kappa shape index (κ3) is 2.50. The SMILES string of the molecule is C=C(C)c1ccc(-c2cc3ccc(F)cc3c(=O)[nH]2)cc1. The summed E-state index contributed by atoms with van der Waals surface area (Å²) in [5.41, 5.74) is 3.38. The van der Waals surface area contributed by atoms with Gasteiger partial charge < -0.3 is 4.98 Å². The Labute approximate surface area is 121 Å². The number of hydrogen-bond acceptors (Lipinski definition) is 1. The Kier molecular flexibility index (Phi) is 3.18. The van der Waals surface area contributed by atoms with Gasteiger partial charge in [0.05, 0.1) is 0 Å². The van der Waals surface area contributed by atoms with Crippen molar-refractivity contribution in [1.29, 1.82) is 0 Å². The Morgan fingerprint density at radius 3 is 2.48 bits per heavy atom. The lowest BCUT2D eigenvalue weighted by Crippen LogP contribution is -2.07. The van der Waals surface area contributed by atoms with Gasteiger partial charge in [0.1, 0.15) is 5.82 Å². The smallest absolute Gasteiger partial charge is 0.256 e. The van der Waals surface area contributed by atoms with Gasteiger partial charge >= 0.3 is 0 Å². The first-order chi connectivity index (χ1) is 10.0. The van der Waals surface area contributed by atoms with Crippen molar-refractivity contribution in [3.8, 4) is 11.3 Å². The molecule has 0 radical (unpaired) electrons. The van der Waals surface area contributed by atoms with E-state index in [1.165, 1.54) is 12.1 Å². The molecule has 0 saturated heterocycles. The number of aromatic amines is 1. The fourth-order valence-electron chi connectivity index (χ4n) is 2.32. The first-order valence-corrected chi connectivity index (χ1v) is 6.63. The second kappa shape index (κ2) is 5.02. The lowest BCUT2D eigenvalue weighted by Gasteiger charge is -2.06. The second-order valence-electron chi connectivity index (χ2n) is 5.10. The van der Waals surface area contributed by atoms with E-state index in [-0.39, 0.29) is 5.56 Å². The average Bonchev–Trinajstić information content (AvgIpc) is 2.48. The molecule has 2 aromatic carbocycles. The molecule has 1 aromatic heterocycles. The molecule has 21 heavy (non-hydrogen) atoms. The molecule has 3 aromatic rings. The van der Waals surface area contributed by atoms with Crippen molar-refractivity contribution < 1.29 is 4.39 Å². The first-order valence-electron chi connectivity index (χ1n) is 6.63. The summed E-state index contributed by atoms with van der Waals surface area (Å²) in [6, 6.07) is 13.9. The Hall–Kier alpha value is -2.68. The third-order valence-corrected chi connectivity index (χ3v) is 3.50. The Morgan fingerprint density at radius 2 is 1.81 bits per heavy atom. The van der Waals surface area contributed by atoms with Crippen molar-refractivity contribution in [1.82, 2.24) is 4.98 Å². The number of hydrogen-bond donors (Lipinski definition) is 1. The van der Waals surface area contributed by atoms with Crippen LogP contribution in [-0.2, 0) is 0 Å². The largest absolute Gasteiger partial charge is 0.321 e. The van der Waals surface area contributed by atoms with Crippen LogP contribution in [0, 0.1) is 5.82 Å². The van der Waals surface area contributed by atoms with E-state index in [2.05, 4.69) is 11.6 Å². The van der Waals surface area contributed by atoms with Crippen LogP contribution in [0.15, 0.2) is 59.9 Å². The summed E-state index contributed by atoms with van der Waals surface area (Å²) < 4.78 is 13.2.